The molecule has 0 unspecified atom stereocenters. The van der Waals surface area contributed by atoms with Gasteiger partial charge in [-0.2, -0.15) is 5.26 Å². The standard InChI is InChI=1S/C20H11Cl2N3O3/c21-15-4-7-17(18(22)9-15)20(26)28-25-12-14-3-8-19(24-11-14)27-16-5-1-13(10-23)2-6-16/h1-9,11-12H/b25-12-. The maximum atomic E-state index is 12.0. The Labute approximate surface area is 170 Å². The molecule has 2 aromatic carbocycles. The Bertz CT molecular complexity index is 1060. The van der Waals surface area contributed by atoms with Gasteiger partial charge in [0.2, 0.25) is 5.88 Å². The summed E-state index contributed by atoms with van der Waals surface area (Å²) >= 11 is 11.7. The van der Waals surface area contributed by atoms with Crippen molar-refractivity contribution in [3.63, 3.8) is 0 Å². The van der Waals surface area contributed by atoms with Crippen LogP contribution in [0.3, 0.4) is 0 Å². The van der Waals surface area contributed by atoms with Crippen LogP contribution in [0.25, 0.3) is 0 Å². The number of carbonyl (C=O) groups is 1. The molecular formula is C20H11Cl2N3O3. The van der Waals surface area contributed by atoms with E-state index in [1.165, 1.54) is 30.6 Å². The molecule has 0 bridgehead atoms. The molecule has 0 amide bonds. The van der Waals surface area contributed by atoms with E-state index in [2.05, 4.69) is 10.1 Å². The van der Waals surface area contributed by atoms with Crippen LogP contribution in [0.5, 0.6) is 11.6 Å². The van der Waals surface area contributed by atoms with E-state index >= 15 is 0 Å². The van der Waals surface area contributed by atoms with E-state index in [4.69, 9.17) is 38.0 Å². The second kappa shape index (κ2) is 9.00. The molecule has 0 spiro atoms. The second-order valence-electron chi connectivity index (χ2n) is 5.41. The van der Waals surface area contributed by atoms with Crippen LogP contribution in [0.4, 0.5) is 0 Å². The van der Waals surface area contributed by atoms with Gasteiger partial charge >= 0.3 is 5.97 Å². The van der Waals surface area contributed by atoms with Crippen LogP contribution in [0.15, 0.2) is 65.9 Å². The molecule has 8 heteroatoms. The highest BCUT2D eigenvalue weighted by Gasteiger charge is 2.12. The van der Waals surface area contributed by atoms with E-state index in [9.17, 15) is 4.79 Å². The third kappa shape index (κ3) is 5.07. The van der Waals surface area contributed by atoms with Crippen LogP contribution in [-0.4, -0.2) is 17.2 Å². The van der Waals surface area contributed by atoms with Crippen LogP contribution in [0.1, 0.15) is 21.5 Å². The van der Waals surface area contributed by atoms with Gasteiger partial charge in [0.15, 0.2) is 0 Å². The lowest BCUT2D eigenvalue weighted by Gasteiger charge is -2.04. The largest absolute Gasteiger partial charge is 0.439 e. The summed E-state index contributed by atoms with van der Waals surface area (Å²) in [7, 11) is 0. The highest BCUT2D eigenvalue weighted by molar-refractivity contribution is 6.36. The van der Waals surface area contributed by atoms with Crippen molar-refractivity contribution in [2.75, 3.05) is 0 Å². The first kappa shape index (κ1) is 19.4. The first-order valence-electron chi connectivity index (χ1n) is 7.89. The average molecular weight is 412 g/mol. The molecule has 0 atom stereocenters. The number of ether oxygens (including phenoxy) is 1. The topological polar surface area (TPSA) is 84.6 Å². The molecule has 28 heavy (non-hydrogen) atoms. The molecule has 3 rings (SSSR count). The summed E-state index contributed by atoms with van der Waals surface area (Å²) in [5.74, 6) is 0.222. The van der Waals surface area contributed by atoms with Gasteiger partial charge in [-0.1, -0.05) is 28.4 Å². The fourth-order valence-electron chi connectivity index (χ4n) is 2.09. The molecule has 0 aliphatic heterocycles. The van der Waals surface area contributed by atoms with Crippen molar-refractivity contribution in [3.05, 3.63) is 87.5 Å². The first-order chi connectivity index (χ1) is 13.5. The van der Waals surface area contributed by atoms with Crippen molar-refractivity contribution < 1.29 is 14.4 Å². The third-order valence-electron chi connectivity index (χ3n) is 3.45. The number of hydrogen-bond acceptors (Lipinski definition) is 6. The normalized spacial score (nSPS) is 10.5. The summed E-state index contributed by atoms with van der Waals surface area (Å²) < 4.78 is 5.58. The molecule has 3 aromatic rings. The van der Waals surface area contributed by atoms with Gasteiger partial charge in [0.05, 0.1) is 28.4 Å². The minimum atomic E-state index is -0.702. The third-order valence-corrected chi connectivity index (χ3v) is 4.00. The first-order valence-corrected chi connectivity index (χ1v) is 8.64. The number of carbonyl (C=O) groups excluding carboxylic acids is 1. The number of nitriles is 1. The zero-order chi connectivity index (χ0) is 19.9. The molecule has 0 N–H and O–H groups in total. The van der Waals surface area contributed by atoms with Crippen molar-refractivity contribution in [3.8, 4) is 17.7 Å². The SMILES string of the molecule is N#Cc1ccc(Oc2ccc(/C=N\OC(=O)c3ccc(Cl)cc3Cl)cn2)cc1. The van der Waals surface area contributed by atoms with Crippen molar-refractivity contribution in [2.45, 2.75) is 0 Å². The maximum Gasteiger partial charge on any atom is 0.367 e. The van der Waals surface area contributed by atoms with Gasteiger partial charge in [0.1, 0.15) is 5.75 Å². The Hall–Kier alpha value is -3.40. The predicted molar refractivity (Wildman–Crippen MR) is 105 cm³/mol. The van der Waals surface area contributed by atoms with Crippen LogP contribution in [0.2, 0.25) is 10.0 Å². The number of nitrogens with zero attached hydrogens (tertiary/aromatic N) is 3. The highest BCUT2D eigenvalue weighted by atomic mass is 35.5. The zero-order valence-corrected chi connectivity index (χ0v) is 15.7. The molecular weight excluding hydrogens is 401 g/mol. The van der Waals surface area contributed by atoms with Gasteiger partial charge < -0.3 is 9.57 Å². The minimum Gasteiger partial charge on any atom is -0.439 e. The fourth-order valence-corrected chi connectivity index (χ4v) is 2.57. The molecule has 1 aromatic heterocycles. The number of aromatic nitrogens is 1. The predicted octanol–water partition coefficient (Wildman–Crippen LogP) is 5.24. The maximum absolute atomic E-state index is 12.0. The molecule has 0 fully saturated rings. The summed E-state index contributed by atoms with van der Waals surface area (Å²) in [6.45, 7) is 0. The molecule has 1 heterocycles. The Morgan fingerprint density at radius 3 is 2.54 bits per heavy atom. The Kier molecular flexibility index (Phi) is 6.22. The monoisotopic (exact) mass is 411 g/mol. The summed E-state index contributed by atoms with van der Waals surface area (Å²) in [6, 6.07) is 16.5. The van der Waals surface area contributed by atoms with E-state index < -0.39 is 5.97 Å². The lowest BCUT2D eigenvalue weighted by Crippen LogP contribution is -2.02. The second-order valence-corrected chi connectivity index (χ2v) is 6.25. The van der Waals surface area contributed by atoms with Gasteiger partial charge in [-0.05, 0) is 48.5 Å². The molecule has 0 radical (unpaired) electrons. The Morgan fingerprint density at radius 1 is 1.11 bits per heavy atom. The number of halogens is 2. The van der Waals surface area contributed by atoms with Crippen LogP contribution in [0, 0.1) is 11.3 Å². The summed E-state index contributed by atoms with van der Waals surface area (Å²) in [5, 5.41) is 13.0. The lowest BCUT2D eigenvalue weighted by atomic mass is 10.2. The molecule has 0 aliphatic rings. The molecule has 0 aliphatic carbocycles. The number of pyridine rings is 1. The van der Waals surface area contributed by atoms with E-state index in [-0.39, 0.29) is 10.6 Å². The molecule has 138 valence electrons. The molecule has 0 saturated heterocycles. The highest BCUT2D eigenvalue weighted by Crippen LogP contribution is 2.22. The number of rotatable bonds is 5. The number of benzene rings is 2. The van der Waals surface area contributed by atoms with E-state index in [1.54, 1.807) is 36.4 Å². The summed E-state index contributed by atoms with van der Waals surface area (Å²) in [4.78, 5) is 20.9. The van der Waals surface area contributed by atoms with Gasteiger partial charge in [0, 0.05) is 22.8 Å². The van der Waals surface area contributed by atoms with Gasteiger partial charge in [-0.3, -0.25) is 0 Å². The van der Waals surface area contributed by atoms with Crippen molar-refractivity contribution in [1.29, 1.82) is 5.26 Å². The van der Waals surface area contributed by atoms with Gasteiger partial charge in [-0.15, -0.1) is 0 Å². The fraction of sp³-hybridized carbons (Fsp3) is 0. The quantitative estimate of drug-likeness (QED) is 0.325. The Morgan fingerprint density at radius 2 is 1.89 bits per heavy atom. The summed E-state index contributed by atoms with van der Waals surface area (Å²) in [6.07, 6.45) is 2.84. The van der Waals surface area contributed by atoms with E-state index in [0.717, 1.165) is 0 Å². The van der Waals surface area contributed by atoms with Crippen molar-refractivity contribution in [1.82, 2.24) is 4.98 Å². The van der Waals surface area contributed by atoms with E-state index in [1.807, 2.05) is 6.07 Å². The number of hydrogen-bond donors (Lipinski definition) is 0. The van der Waals surface area contributed by atoms with E-state index in [0.29, 0.717) is 27.8 Å². The number of oxime groups is 1. The smallest absolute Gasteiger partial charge is 0.367 e. The molecule has 0 saturated carbocycles. The minimum absolute atomic E-state index is 0.160. The van der Waals surface area contributed by atoms with Gasteiger partial charge in [-0.25, -0.2) is 9.78 Å². The average Bonchev–Trinajstić information content (AvgIpc) is 2.70. The Balaban J connectivity index is 1.58. The molecule has 6 nitrogen and oxygen atoms in total. The van der Waals surface area contributed by atoms with Crippen LogP contribution in [-0.2, 0) is 4.84 Å². The van der Waals surface area contributed by atoms with Crippen molar-refractivity contribution >= 4 is 35.4 Å². The summed E-state index contributed by atoms with van der Waals surface area (Å²) in [5.41, 5.74) is 1.30. The van der Waals surface area contributed by atoms with Crippen molar-refractivity contribution in [2.24, 2.45) is 5.16 Å². The van der Waals surface area contributed by atoms with Crippen LogP contribution < -0.4 is 4.74 Å². The lowest BCUT2D eigenvalue weighted by molar-refractivity contribution is 0.0519. The van der Waals surface area contributed by atoms with Gasteiger partial charge in [0.25, 0.3) is 0 Å². The zero-order valence-electron chi connectivity index (χ0n) is 14.2. The van der Waals surface area contributed by atoms with Crippen LogP contribution >= 0.6 is 23.2 Å².